The first-order valence-electron chi connectivity index (χ1n) is 10.9. The molecule has 9 nitrogen and oxygen atoms in total. The molecule has 0 N–H and O–H groups in total. The second kappa shape index (κ2) is 10.7. The molecule has 0 spiro atoms. The summed E-state index contributed by atoms with van der Waals surface area (Å²) in [5, 5.41) is 4.70. The maximum absolute atomic E-state index is 12.2. The van der Waals surface area contributed by atoms with E-state index in [0.717, 1.165) is 27.0 Å². The number of fused-ring (bicyclic) bond motifs is 1. The number of methoxy groups -OCH3 is 1. The highest BCUT2D eigenvalue weighted by atomic mass is 32.1. The van der Waals surface area contributed by atoms with Gasteiger partial charge in [0.25, 0.3) is 0 Å². The predicted octanol–water partition coefficient (Wildman–Crippen LogP) is 3.48. The van der Waals surface area contributed by atoms with E-state index in [9.17, 15) is 9.59 Å². The van der Waals surface area contributed by atoms with E-state index in [2.05, 4.69) is 11.9 Å². The van der Waals surface area contributed by atoms with E-state index in [4.69, 9.17) is 19.3 Å². The number of hydrogen-bond acceptors (Lipinski definition) is 8. The second-order valence-corrected chi connectivity index (χ2v) is 8.66. The van der Waals surface area contributed by atoms with Crippen molar-refractivity contribution >= 4 is 27.5 Å². The van der Waals surface area contributed by atoms with Crippen molar-refractivity contribution in [3.05, 3.63) is 75.3 Å². The Bertz CT molecular complexity index is 1330. The quantitative estimate of drug-likeness (QED) is 0.319. The molecule has 0 saturated heterocycles. The van der Waals surface area contributed by atoms with E-state index in [0.29, 0.717) is 12.4 Å². The van der Waals surface area contributed by atoms with E-state index >= 15 is 0 Å². The first kappa shape index (κ1) is 23.8. The molecule has 4 rings (SSSR count). The molecule has 0 radical (unpaired) electrons. The summed E-state index contributed by atoms with van der Waals surface area (Å²) in [6.45, 7) is 4.60. The lowest BCUT2D eigenvalue weighted by atomic mass is 9.98. The first-order valence-corrected chi connectivity index (χ1v) is 11.7. The molecule has 0 bridgehead atoms. The van der Waals surface area contributed by atoms with Crippen molar-refractivity contribution in [2.75, 3.05) is 20.3 Å². The Hall–Kier alpha value is -3.34. The van der Waals surface area contributed by atoms with Gasteiger partial charge in [-0.25, -0.2) is 14.5 Å². The molecular weight excluding hydrogens is 456 g/mol. The van der Waals surface area contributed by atoms with Gasteiger partial charge in [0.1, 0.15) is 13.3 Å². The molecule has 0 aliphatic heterocycles. The number of hydrogen-bond donors (Lipinski definition) is 0. The lowest BCUT2D eigenvalue weighted by Gasteiger charge is -2.10. The molecule has 0 saturated carbocycles. The van der Waals surface area contributed by atoms with Crippen LogP contribution in [0.25, 0.3) is 16.0 Å². The van der Waals surface area contributed by atoms with Crippen LogP contribution in [0.4, 0.5) is 0 Å². The van der Waals surface area contributed by atoms with E-state index in [1.807, 2.05) is 42.6 Å². The van der Waals surface area contributed by atoms with Crippen LogP contribution in [0.5, 0.6) is 0 Å². The molecule has 0 aliphatic carbocycles. The third-order valence-electron chi connectivity index (χ3n) is 5.34. The van der Waals surface area contributed by atoms with Crippen molar-refractivity contribution in [2.45, 2.75) is 33.1 Å². The van der Waals surface area contributed by atoms with Gasteiger partial charge in [-0.05, 0) is 42.3 Å². The summed E-state index contributed by atoms with van der Waals surface area (Å²) in [7, 11) is 1.57. The zero-order valence-electron chi connectivity index (χ0n) is 19.3. The summed E-state index contributed by atoms with van der Waals surface area (Å²) in [4.78, 5) is 28.0. The van der Waals surface area contributed by atoms with Crippen molar-refractivity contribution < 1.29 is 19.0 Å². The van der Waals surface area contributed by atoms with Gasteiger partial charge in [0, 0.05) is 25.4 Å². The molecule has 1 unspecified atom stereocenters. The zero-order chi connectivity index (χ0) is 24.1. The molecule has 3 heterocycles. The number of nitrogens with zero attached hydrogens (tertiary/aromatic N) is 4. The van der Waals surface area contributed by atoms with Gasteiger partial charge in [0.15, 0.2) is 5.82 Å². The van der Waals surface area contributed by atoms with E-state index in [1.165, 1.54) is 11.3 Å². The molecular formula is C24H26N4O5S. The molecule has 0 aliphatic rings. The molecule has 0 amide bonds. The summed E-state index contributed by atoms with van der Waals surface area (Å²) < 4.78 is 19.6. The minimum Gasteiger partial charge on any atom is -0.464 e. The predicted molar refractivity (Wildman–Crippen MR) is 128 cm³/mol. The molecule has 0 fully saturated rings. The van der Waals surface area contributed by atoms with Crippen LogP contribution in [0.15, 0.2) is 53.6 Å². The first-order chi connectivity index (χ1) is 16.5. The van der Waals surface area contributed by atoms with E-state index < -0.39 is 0 Å². The van der Waals surface area contributed by atoms with Gasteiger partial charge in [-0.15, -0.1) is 0 Å². The standard InChI is InChI=1S/C24H26N4O5S/c1-4-33-23(29)14-32-13-17-5-8-22(25-12-17)28-10-9-19(26-28)16(2)18-6-7-20-21(11-18)34-24(30)27(20)15-31-3/h5-12,16H,4,13-15H2,1-3H3. The van der Waals surface area contributed by atoms with Crippen molar-refractivity contribution in [2.24, 2.45) is 0 Å². The van der Waals surface area contributed by atoms with Crippen LogP contribution in [0.1, 0.15) is 36.6 Å². The summed E-state index contributed by atoms with van der Waals surface area (Å²) in [5.41, 5.74) is 3.69. The zero-order valence-corrected chi connectivity index (χ0v) is 20.1. The highest BCUT2D eigenvalue weighted by molar-refractivity contribution is 7.16. The Morgan fingerprint density at radius 1 is 1.21 bits per heavy atom. The maximum Gasteiger partial charge on any atom is 0.332 e. The van der Waals surface area contributed by atoms with Crippen LogP contribution in [0.2, 0.25) is 0 Å². The highest BCUT2D eigenvalue weighted by Gasteiger charge is 2.15. The van der Waals surface area contributed by atoms with Gasteiger partial charge >= 0.3 is 10.8 Å². The van der Waals surface area contributed by atoms with Gasteiger partial charge in [0.2, 0.25) is 0 Å². The number of benzene rings is 1. The van der Waals surface area contributed by atoms with Crippen LogP contribution in [0.3, 0.4) is 0 Å². The second-order valence-electron chi connectivity index (χ2n) is 7.67. The Morgan fingerprint density at radius 3 is 2.79 bits per heavy atom. The molecule has 178 valence electrons. The number of pyridine rings is 1. The number of ether oxygens (including phenoxy) is 3. The molecule has 1 aromatic carbocycles. The Balaban J connectivity index is 1.44. The largest absolute Gasteiger partial charge is 0.464 e. The van der Waals surface area contributed by atoms with E-state index in [-0.39, 0.29) is 36.7 Å². The number of rotatable bonds is 10. The summed E-state index contributed by atoms with van der Waals surface area (Å²) in [6.07, 6.45) is 3.57. The lowest BCUT2D eigenvalue weighted by Crippen LogP contribution is -2.13. The number of thiazole rings is 1. The fourth-order valence-corrected chi connectivity index (χ4v) is 4.49. The Kier molecular flexibility index (Phi) is 7.51. The van der Waals surface area contributed by atoms with Crippen LogP contribution in [0, 0.1) is 0 Å². The topological polar surface area (TPSA) is 97.5 Å². The monoisotopic (exact) mass is 482 g/mol. The van der Waals surface area contributed by atoms with Gasteiger partial charge in [-0.1, -0.05) is 30.4 Å². The molecule has 10 heteroatoms. The third kappa shape index (κ3) is 5.24. The smallest absolute Gasteiger partial charge is 0.332 e. The Morgan fingerprint density at radius 2 is 2.06 bits per heavy atom. The number of carbonyl (C=O) groups is 1. The van der Waals surface area contributed by atoms with Crippen LogP contribution < -0.4 is 4.87 Å². The van der Waals surface area contributed by atoms with Crippen molar-refractivity contribution in [3.63, 3.8) is 0 Å². The fourth-order valence-electron chi connectivity index (χ4n) is 3.56. The van der Waals surface area contributed by atoms with Gasteiger partial charge in [-0.3, -0.25) is 9.36 Å². The van der Waals surface area contributed by atoms with Crippen LogP contribution in [-0.4, -0.2) is 45.6 Å². The van der Waals surface area contributed by atoms with E-state index in [1.54, 1.807) is 29.5 Å². The minimum absolute atomic E-state index is 0.0354. The molecule has 4 aromatic rings. The third-order valence-corrected chi connectivity index (χ3v) is 6.28. The van der Waals surface area contributed by atoms with Crippen molar-refractivity contribution in [1.82, 2.24) is 19.3 Å². The van der Waals surface area contributed by atoms with Crippen LogP contribution >= 0.6 is 11.3 Å². The summed E-state index contributed by atoms with van der Waals surface area (Å²) in [5.74, 6) is 0.332. The molecule has 1 atom stereocenters. The van der Waals surface area contributed by atoms with Gasteiger partial charge < -0.3 is 14.2 Å². The number of esters is 1. The average molecular weight is 483 g/mol. The fraction of sp³-hybridized carbons (Fsp3) is 0.333. The molecule has 3 aromatic heterocycles. The average Bonchev–Trinajstić information content (AvgIpc) is 3.44. The highest BCUT2D eigenvalue weighted by Crippen LogP contribution is 2.28. The summed E-state index contributed by atoms with van der Waals surface area (Å²) in [6, 6.07) is 11.7. The van der Waals surface area contributed by atoms with Crippen molar-refractivity contribution in [1.29, 1.82) is 0 Å². The molecule has 34 heavy (non-hydrogen) atoms. The normalized spacial score (nSPS) is 12.2. The Labute approximate surface area is 200 Å². The van der Waals surface area contributed by atoms with Crippen molar-refractivity contribution in [3.8, 4) is 5.82 Å². The van der Waals surface area contributed by atoms with Gasteiger partial charge in [-0.2, -0.15) is 5.10 Å². The summed E-state index contributed by atoms with van der Waals surface area (Å²) >= 11 is 1.21. The van der Waals surface area contributed by atoms with Gasteiger partial charge in [0.05, 0.1) is 29.1 Å². The number of carbonyl (C=O) groups excluding carboxylic acids is 1. The SMILES string of the molecule is CCOC(=O)COCc1ccc(-n2ccc(C(C)c3ccc4c(c3)sc(=O)n4COC)n2)nc1. The number of aromatic nitrogens is 4. The lowest BCUT2D eigenvalue weighted by molar-refractivity contribution is -0.148. The minimum atomic E-state index is -0.383. The van der Waals surface area contributed by atoms with Crippen LogP contribution in [-0.2, 0) is 32.3 Å². The maximum atomic E-state index is 12.2.